The predicted octanol–water partition coefficient (Wildman–Crippen LogP) is 4.23. The Hall–Kier alpha value is -1.55. The van der Waals surface area contributed by atoms with Gasteiger partial charge in [-0.25, -0.2) is 4.98 Å². The highest BCUT2D eigenvalue weighted by molar-refractivity contribution is 9.10. The number of rotatable bonds is 3. The van der Waals surface area contributed by atoms with Crippen LogP contribution in [0.25, 0.3) is 0 Å². The number of anilines is 2. The molecule has 1 saturated heterocycles. The minimum atomic E-state index is 0.555. The topological polar surface area (TPSA) is 28.2 Å². The van der Waals surface area contributed by atoms with E-state index < -0.39 is 0 Å². The highest BCUT2D eigenvalue weighted by Crippen LogP contribution is 2.25. The van der Waals surface area contributed by atoms with Crippen molar-refractivity contribution < 1.29 is 0 Å². The normalized spacial score (nSPS) is 16.0. The van der Waals surface area contributed by atoms with Crippen LogP contribution in [0.1, 0.15) is 18.4 Å². The lowest BCUT2D eigenvalue weighted by Crippen LogP contribution is -2.39. The van der Waals surface area contributed by atoms with E-state index in [-0.39, 0.29) is 0 Å². The minimum Gasteiger partial charge on any atom is -0.382 e. The summed E-state index contributed by atoms with van der Waals surface area (Å²) in [4.78, 5) is 6.96. The first kappa shape index (κ1) is 14.4. The van der Waals surface area contributed by atoms with Crippen LogP contribution in [-0.2, 0) is 0 Å². The number of hydrogen-bond donors (Lipinski definition) is 1. The first-order valence-corrected chi connectivity index (χ1v) is 8.20. The van der Waals surface area contributed by atoms with Crippen LogP contribution in [0.4, 0.5) is 11.5 Å². The molecule has 0 radical (unpaired) electrons. The van der Waals surface area contributed by atoms with E-state index in [0.717, 1.165) is 36.2 Å². The van der Waals surface area contributed by atoms with Gasteiger partial charge in [-0.05, 0) is 59.5 Å². The Bertz CT molecular complexity index is 592. The largest absolute Gasteiger partial charge is 0.382 e. The number of para-hydroxylation sites is 1. The third-order valence-electron chi connectivity index (χ3n) is 3.96. The van der Waals surface area contributed by atoms with Crippen LogP contribution in [0.2, 0.25) is 0 Å². The molecule has 1 fully saturated rings. The highest BCUT2D eigenvalue weighted by Gasteiger charge is 2.21. The number of hydrogen-bond acceptors (Lipinski definition) is 3. The Balaban J connectivity index is 1.60. The Labute approximate surface area is 134 Å². The van der Waals surface area contributed by atoms with Crippen LogP contribution in [0.15, 0.2) is 47.1 Å². The molecule has 0 atom stereocenters. The fraction of sp³-hybridized carbons (Fsp3) is 0.353. The predicted molar refractivity (Wildman–Crippen MR) is 92.0 cm³/mol. The van der Waals surface area contributed by atoms with Crippen molar-refractivity contribution in [2.45, 2.75) is 25.8 Å². The maximum Gasteiger partial charge on any atom is 0.131 e. The first-order chi connectivity index (χ1) is 10.2. The van der Waals surface area contributed by atoms with E-state index in [1.165, 1.54) is 11.3 Å². The SMILES string of the molecule is Cc1cc(Br)cnc1N1CCC(Nc2ccccc2)CC1. The third-order valence-corrected chi connectivity index (χ3v) is 4.39. The van der Waals surface area contributed by atoms with Crippen molar-refractivity contribution in [3.63, 3.8) is 0 Å². The Kier molecular flexibility index (Phi) is 4.44. The molecule has 0 unspecified atom stereocenters. The van der Waals surface area contributed by atoms with Crippen LogP contribution in [0.3, 0.4) is 0 Å². The first-order valence-electron chi connectivity index (χ1n) is 7.41. The molecule has 110 valence electrons. The summed E-state index contributed by atoms with van der Waals surface area (Å²) in [5, 5.41) is 3.62. The van der Waals surface area contributed by atoms with Gasteiger partial charge in [0.05, 0.1) is 0 Å². The molecule has 21 heavy (non-hydrogen) atoms. The molecule has 0 saturated carbocycles. The van der Waals surface area contributed by atoms with E-state index >= 15 is 0 Å². The van der Waals surface area contributed by atoms with E-state index in [1.807, 2.05) is 6.20 Å². The van der Waals surface area contributed by atoms with Gasteiger partial charge in [-0.1, -0.05) is 18.2 Å². The van der Waals surface area contributed by atoms with Gasteiger partial charge in [-0.2, -0.15) is 0 Å². The summed E-state index contributed by atoms with van der Waals surface area (Å²) in [6, 6.07) is 13.2. The quantitative estimate of drug-likeness (QED) is 0.901. The van der Waals surface area contributed by atoms with Crippen molar-refractivity contribution in [2.75, 3.05) is 23.3 Å². The lowest BCUT2D eigenvalue weighted by Gasteiger charge is -2.34. The summed E-state index contributed by atoms with van der Waals surface area (Å²) in [6.45, 7) is 4.24. The zero-order chi connectivity index (χ0) is 14.7. The van der Waals surface area contributed by atoms with Crippen molar-refractivity contribution in [3.8, 4) is 0 Å². The summed E-state index contributed by atoms with van der Waals surface area (Å²) in [7, 11) is 0. The van der Waals surface area contributed by atoms with Crippen molar-refractivity contribution in [3.05, 3.63) is 52.6 Å². The second-order valence-corrected chi connectivity index (χ2v) is 6.48. The van der Waals surface area contributed by atoms with Crippen molar-refractivity contribution in [1.29, 1.82) is 0 Å². The molecule has 0 spiro atoms. The second kappa shape index (κ2) is 6.48. The third kappa shape index (κ3) is 3.56. The van der Waals surface area contributed by atoms with Crippen LogP contribution >= 0.6 is 15.9 Å². The van der Waals surface area contributed by atoms with E-state index in [0.29, 0.717) is 6.04 Å². The number of nitrogens with one attached hydrogen (secondary N) is 1. The van der Waals surface area contributed by atoms with Gasteiger partial charge in [-0.3, -0.25) is 0 Å². The standard InChI is InChI=1S/C17H20BrN3/c1-13-11-14(18)12-19-17(13)21-9-7-16(8-10-21)20-15-5-3-2-4-6-15/h2-6,11-12,16,20H,7-10H2,1H3. The number of benzene rings is 1. The lowest BCUT2D eigenvalue weighted by atomic mass is 10.0. The Morgan fingerprint density at radius 1 is 1.19 bits per heavy atom. The van der Waals surface area contributed by atoms with Gasteiger partial charge in [0.15, 0.2) is 0 Å². The molecule has 2 heterocycles. The summed E-state index contributed by atoms with van der Waals surface area (Å²) in [5.41, 5.74) is 2.45. The monoisotopic (exact) mass is 345 g/mol. The zero-order valence-corrected chi connectivity index (χ0v) is 13.8. The lowest BCUT2D eigenvalue weighted by molar-refractivity contribution is 0.523. The average Bonchev–Trinajstić information content (AvgIpc) is 2.49. The van der Waals surface area contributed by atoms with E-state index in [4.69, 9.17) is 0 Å². The summed E-state index contributed by atoms with van der Waals surface area (Å²) in [6.07, 6.45) is 4.18. The number of pyridine rings is 1. The van der Waals surface area contributed by atoms with Crippen LogP contribution in [-0.4, -0.2) is 24.1 Å². The van der Waals surface area contributed by atoms with Crippen molar-refractivity contribution in [2.24, 2.45) is 0 Å². The smallest absolute Gasteiger partial charge is 0.131 e. The molecule has 4 heteroatoms. The molecule has 1 aliphatic heterocycles. The molecule has 3 rings (SSSR count). The van der Waals surface area contributed by atoms with Gasteiger partial charge in [0.25, 0.3) is 0 Å². The molecular formula is C17H20BrN3. The molecule has 1 aromatic heterocycles. The Morgan fingerprint density at radius 3 is 2.57 bits per heavy atom. The van der Waals surface area contributed by atoms with Gasteiger partial charge in [0.2, 0.25) is 0 Å². The van der Waals surface area contributed by atoms with Crippen LogP contribution in [0.5, 0.6) is 0 Å². The maximum atomic E-state index is 4.57. The maximum absolute atomic E-state index is 4.57. The average molecular weight is 346 g/mol. The number of halogens is 1. The van der Waals surface area contributed by atoms with Gasteiger partial charge >= 0.3 is 0 Å². The van der Waals surface area contributed by atoms with Gasteiger partial charge < -0.3 is 10.2 Å². The van der Waals surface area contributed by atoms with Crippen LogP contribution < -0.4 is 10.2 Å². The summed E-state index contributed by atoms with van der Waals surface area (Å²) in [5.74, 6) is 1.12. The molecule has 0 amide bonds. The van der Waals surface area contributed by atoms with E-state index in [9.17, 15) is 0 Å². The number of piperidine rings is 1. The number of aromatic nitrogens is 1. The van der Waals surface area contributed by atoms with Crippen molar-refractivity contribution in [1.82, 2.24) is 4.98 Å². The molecule has 1 aromatic carbocycles. The van der Waals surface area contributed by atoms with Crippen molar-refractivity contribution >= 4 is 27.4 Å². The molecule has 0 aliphatic carbocycles. The van der Waals surface area contributed by atoms with Gasteiger partial charge in [0, 0.05) is 35.5 Å². The highest BCUT2D eigenvalue weighted by atomic mass is 79.9. The summed E-state index contributed by atoms with van der Waals surface area (Å²) < 4.78 is 1.05. The fourth-order valence-corrected chi connectivity index (χ4v) is 3.32. The van der Waals surface area contributed by atoms with Gasteiger partial charge in [-0.15, -0.1) is 0 Å². The number of aryl methyl sites for hydroxylation is 1. The fourth-order valence-electron chi connectivity index (χ4n) is 2.87. The summed E-state index contributed by atoms with van der Waals surface area (Å²) >= 11 is 3.48. The molecule has 3 nitrogen and oxygen atoms in total. The second-order valence-electron chi connectivity index (χ2n) is 5.57. The number of nitrogens with zero attached hydrogens (tertiary/aromatic N) is 2. The molecule has 1 N–H and O–H groups in total. The zero-order valence-electron chi connectivity index (χ0n) is 12.2. The van der Waals surface area contributed by atoms with E-state index in [1.54, 1.807) is 0 Å². The molecule has 1 aliphatic rings. The van der Waals surface area contributed by atoms with Gasteiger partial charge in [0.1, 0.15) is 5.82 Å². The molecule has 2 aromatic rings. The van der Waals surface area contributed by atoms with Crippen LogP contribution in [0, 0.1) is 6.92 Å². The molecular weight excluding hydrogens is 326 g/mol. The Morgan fingerprint density at radius 2 is 1.90 bits per heavy atom. The van der Waals surface area contributed by atoms with E-state index in [2.05, 4.69) is 74.5 Å². The molecule has 0 bridgehead atoms. The minimum absolute atomic E-state index is 0.555.